The first-order chi connectivity index (χ1) is 9.99. The zero-order valence-electron chi connectivity index (χ0n) is 11.3. The van der Waals surface area contributed by atoms with E-state index < -0.39 is 9.84 Å². The standard InChI is InChI=1S/C14H13N3O3S/c1-21(18,19)9-13-16-7-5-14(17-13)20-11-2-3-12-10(8-11)4-6-15-12/h2-8,15H,9H2,1H3. The number of aromatic amines is 1. The first-order valence-electron chi connectivity index (χ1n) is 6.24. The van der Waals surface area contributed by atoms with Crippen LogP contribution in [0.25, 0.3) is 10.9 Å². The highest BCUT2D eigenvalue weighted by atomic mass is 32.2. The van der Waals surface area contributed by atoms with Gasteiger partial charge in [-0.3, -0.25) is 0 Å². The summed E-state index contributed by atoms with van der Waals surface area (Å²) in [6.07, 6.45) is 4.48. The first-order valence-corrected chi connectivity index (χ1v) is 8.30. The second-order valence-electron chi connectivity index (χ2n) is 4.71. The molecule has 1 N–H and O–H groups in total. The molecule has 2 aromatic heterocycles. The number of benzene rings is 1. The molecule has 0 saturated carbocycles. The molecule has 1 aromatic carbocycles. The Labute approximate surface area is 121 Å². The third-order valence-corrected chi connectivity index (χ3v) is 3.60. The Morgan fingerprint density at radius 1 is 1.24 bits per heavy atom. The minimum atomic E-state index is -3.17. The van der Waals surface area contributed by atoms with Gasteiger partial charge in [0, 0.05) is 35.6 Å². The van der Waals surface area contributed by atoms with Gasteiger partial charge in [-0.05, 0) is 24.3 Å². The second kappa shape index (κ2) is 5.17. The number of hydrogen-bond acceptors (Lipinski definition) is 5. The molecule has 0 unspecified atom stereocenters. The van der Waals surface area contributed by atoms with Crippen LogP contribution in [0.15, 0.2) is 42.7 Å². The molecular formula is C14H13N3O3S. The van der Waals surface area contributed by atoms with Gasteiger partial charge in [-0.2, -0.15) is 4.98 Å². The zero-order valence-corrected chi connectivity index (χ0v) is 12.1. The topological polar surface area (TPSA) is 84.9 Å². The lowest BCUT2D eigenvalue weighted by molar-refractivity contribution is 0.460. The van der Waals surface area contributed by atoms with Gasteiger partial charge in [-0.15, -0.1) is 0 Å². The second-order valence-corrected chi connectivity index (χ2v) is 6.85. The summed E-state index contributed by atoms with van der Waals surface area (Å²) in [7, 11) is -3.17. The fraction of sp³-hybridized carbons (Fsp3) is 0.143. The van der Waals surface area contributed by atoms with Crippen LogP contribution in [0.2, 0.25) is 0 Å². The molecule has 3 rings (SSSR count). The van der Waals surface area contributed by atoms with Crippen LogP contribution in [-0.2, 0) is 15.6 Å². The average Bonchev–Trinajstić information content (AvgIpc) is 2.84. The van der Waals surface area contributed by atoms with Crippen LogP contribution in [-0.4, -0.2) is 29.6 Å². The zero-order chi connectivity index (χ0) is 14.9. The lowest BCUT2D eigenvalue weighted by Gasteiger charge is -2.06. The number of aromatic nitrogens is 3. The van der Waals surface area contributed by atoms with E-state index in [-0.39, 0.29) is 11.6 Å². The maximum atomic E-state index is 11.3. The third kappa shape index (κ3) is 3.38. The summed E-state index contributed by atoms with van der Waals surface area (Å²) in [6.45, 7) is 0. The van der Waals surface area contributed by atoms with Crippen molar-refractivity contribution in [3.05, 3.63) is 48.5 Å². The van der Waals surface area contributed by atoms with Crippen molar-refractivity contribution in [1.82, 2.24) is 15.0 Å². The predicted molar refractivity (Wildman–Crippen MR) is 79.0 cm³/mol. The van der Waals surface area contributed by atoms with E-state index in [0.29, 0.717) is 11.6 Å². The normalized spacial score (nSPS) is 11.7. The molecule has 0 bridgehead atoms. The Hall–Kier alpha value is -2.41. The number of sulfone groups is 1. The van der Waals surface area contributed by atoms with Gasteiger partial charge < -0.3 is 9.72 Å². The fourth-order valence-corrected chi connectivity index (χ4v) is 2.57. The van der Waals surface area contributed by atoms with Gasteiger partial charge in [-0.1, -0.05) is 0 Å². The molecule has 7 heteroatoms. The van der Waals surface area contributed by atoms with Gasteiger partial charge in [0.05, 0.1) is 0 Å². The van der Waals surface area contributed by atoms with Crippen LogP contribution in [0.5, 0.6) is 11.6 Å². The lowest BCUT2D eigenvalue weighted by Crippen LogP contribution is -2.05. The highest BCUT2D eigenvalue weighted by Gasteiger charge is 2.09. The van der Waals surface area contributed by atoms with Crippen LogP contribution >= 0.6 is 0 Å². The summed E-state index contributed by atoms with van der Waals surface area (Å²) in [5.41, 5.74) is 1.02. The van der Waals surface area contributed by atoms with Crippen molar-refractivity contribution in [2.24, 2.45) is 0 Å². The van der Waals surface area contributed by atoms with Gasteiger partial charge in [0.2, 0.25) is 5.88 Å². The molecule has 0 aliphatic carbocycles. The van der Waals surface area contributed by atoms with E-state index in [1.807, 2.05) is 30.5 Å². The minimum absolute atomic E-state index is 0.207. The molecule has 21 heavy (non-hydrogen) atoms. The fourth-order valence-electron chi connectivity index (χ4n) is 1.96. The number of nitrogens with zero attached hydrogens (tertiary/aromatic N) is 2. The minimum Gasteiger partial charge on any atom is -0.439 e. The molecule has 6 nitrogen and oxygen atoms in total. The quantitative estimate of drug-likeness (QED) is 0.799. The number of ether oxygens (including phenoxy) is 1. The van der Waals surface area contributed by atoms with Gasteiger partial charge in [0.25, 0.3) is 0 Å². The predicted octanol–water partition coefficient (Wildman–Crippen LogP) is 2.29. The van der Waals surface area contributed by atoms with E-state index in [1.165, 1.54) is 6.20 Å². The van der Waals surface area contributed by atoms with Crippen molar-refractivity contribution < 1.29 is 13.2 Å². The van der Waals surface area contributed by atoms with E-state index >= 15 is 0 Å². The van der Waals surface area contributed by atoms with Gasteiger partial charge >= 0.3 is 0 Å². The van der Waals surface area contributed by atoms with E-state index in [2.05, 4.69) is 15.0 Å². The number of H-pyrrole nitrogens is 1. The summed E-state index contributed by atoms with van der Waals surface area (Å²) in [5, 5.41) is 1.03. The van der Waals surface area contributed by atoms with Crippen molar-refractivity contribution in [1.29, 1.82) is 0 Å². The molecule has 108 valence electrons. The molecule has 0 saturated heterocycles. The van der Waals surface area contributed by atoms with E-state index in [1.54, 1.807) is 6.07 Å². The number of nitrogens with one attached hydrogen (secondary N) is 1. The lowest BCUT2D eigenvalue weighted by atomic mass is 10.2. The number of hydrogen-bond donors (Lipinski definition) is 1. The summed E-state index contributed by atoms with van der Waals surface area (Å²) < 4.78 is 28.2. The molecule has 3 aromatic rings. The Balaban J connectivity index is 1.85. The van der Waals surface area contributed by atoms with Crippen LogP contribution < -0.4 is 4.74 Å². The maximum Gasteiger partial charge on any atom is 0.222 e. The molecule has 0 fully saturated rings. The smallest absolute Gasteiger partial charge is 0.222 e. The van der Waals surface area contributed by atoms with Crippen LogP contribution in [0.3, 0.4) is 0 Å². The summed E-state index contributed by atoms with van der Waals surface area (Å²) in [5.74, 6) is 0.962. The molecule has 0 amide bonds. The molecule has 0 atom stereocenters. The highest BCUT2D eigenvalue weighted by Crippen LogP contribution is 2.23. The summed E-state index contributed by atoms with van der Waals surface area (Å²) in [6, 6.07) is 9.13. The molecule has 0 aliphatic heterocycles. The molecule has 2 heterocycles. The highest BCUT2D eigenvalue weighted by molar-refractivity contribution is 7.89. The molecule has 0 spiro atoms. The Morgan fingerprint density at radius 2 is 2.10 bits per heavy atom. The van der Waals surface area contributed by atoms with E-state index in [4.69, 9.17) is 4.74 Å². The van der Waals surface area contributed by atoms with Gasteiger partial charge in [-0.25, -0.2) is 13.4 Å². The van der Waals surface area contributed by atoms with Crippen LogP contribution in [0.4, 0.5) is 0 Å². The third-order valence-electron chi connectivity index (χ3n) is 2.82. The van der Waals surface area contributed by atoms with Crippen molar-refractivity contribution in [3.63, 3.8) is 0 Å². The monoisotopic (exact) mass is 303 g/mol. The first kappa shape index (κ1) is 13.6. The SMILES string of the molecule is CS(=O)(=O)Cc1nccc(Oc2ccc3[nH]ccc3c2)n1. The Bertz CT molecular complexity index is 887. The van der Waals surface area contributed by atoms with Crippen molar-refractivity contribution in [2.75, 3.05) is 6.26 Å². The molecular weight excluding hydrogens is 290 g/mol. The van der Waals surface area contributed by atoms with Gasteiger partial charge in [0.1, 0.15) is 17.3 Å². The number of rotatable bonds is 4. The van der Waals surface area contributed by atoms with Gasteiger partial charge in [0.15, 0.2) is 9.84 Å². The Kier molecular flexibility index (Phi) is 3.34. The molecule has 0 radical (unpaired) electrons. The van der Waals surface area contributed by atoms with E-state index in [0.717, 1.165) is 17.2 Å². The summed E-state index contributed by atoms with van der Waals surface area (Å²) >= 11 is 0. The largest absolute Gasteiger partial charge is 0.439 e. The van der Waals surface area contributed by atoms with Crippen molar-refractivity contribution in [2.45, 2.75) is 5.75 Å². The summed E-state index contributed by atoms with van der Waals surface area (Å²) in [4.78, 5) is 11.1. The Morgan fingerprint density at radius 3 is 2.90 bits per heavy atom. The van der Waals surface area contributed by atoms with Crippen molar-refractivity contribution in [3.8, 4) is 11.6 Å². The van der Waals surface area contributed by atoms with Crippen LogP contribution in [0, 0.1) is 0 Å². The number of fused-ring (bicyclic) bond motifs is 1. The van der Waals surface area contributed by atoms with E-state index in [9.17, 15) is 8.42 Å². The molecule has 0 aliphatic rings. The maximum absolute atomic E-state index is 11.3. The van der Waals surface area contributed by atoms with Crippen LogP contribution in [0.1, 0.15) is 5.82 Å². The van der Waals surface area contributed by atoms with Crippen molar-refractivity contribution >= 4 is 20.7 Å². The average molecular weight is 303 g/mol.